The summed E-state index contributed by atoms with van der Waals surface area (Å²) < 4.78 is 37.6. The van der Waals surface area contributed by atoms with Gasteiger partial charge in [0.05, 0.1) is 10.9 Å². The maximum atomic E-state index is 16.8. The van der Waals surface area contributed by atoms with E-state index in [1.807, 2.05) is 0 Å². The van der Waals surface area contributed by atoms with Crippen molar-refractivity contribution in [3.05, 3.63) is 41.3 Å². The number of halogens is 2. The quantitative estimate of drug-likeness (QED) is 0.372. The molecule has 224 valence electrons. The molecular weight excluding hydrogens is 534 g/mol. The number of hydrogen-bond donors (Lipinski definition) is 1. The van der Waals surface area contributed by atoms with Crippen molar-refractivity contribution in [2.75, 3.05) is 37.7 Å². The van der Waals surface area contributed by atoms with Crippen molar-refractivity contribution in [3.63, 3.8) is 0 Å². The van der Waals surface area contributed by atoms with Crippen LogP contribution >= 0.6 is 0 Å². The summed E-state index contributed by atoms with van der Waals surface area (Å²) in [4.78, 5) is 18.8. The van der Waals surface area contributed by atoms with Crippen LogP contribution in [-0.4, -0.2) is 76.4 Å². The molecule has 4 fully saturated rings. The molecule has 4 atom stereocenters. The zero-order valence-electron chi connectivity index (χ0n) is 25.2. The molecule has 1 N–H and O–H groups in total. The summed E-state index contributed by atoms with van der Waals surface area (Å²) in [6.45, 7) is 11.7. The molecule has 2 aromatic heterocycles. The average molecular weight is 577 g/mol. The van der Waals surface area contributed by atoms with Gasteiger partial charge in [0.2, 0.25) is 0 Å². The molecule has 2 unspecified atom stereocenters. The van der Waals surface area contributed by atoms with Crippen LogP contribution in [0.1, 0.15) is 82.8 Å². The zero-order chi connectivity index (χ0) is 29.2. The highest BCUT2D eigenvalue weighted by atomic mass is 19.1. The van der Waals surface area contributed by atoms with Gasteiger partial charge in [0.15, 0.2) is 5.82 Å². The maximum absolute atomic E-state index is 16.8. The van der Waals surface area contributed by atoms with Gasteiger partial charge in [0.1, 0.15) is 29.8 Å². The fourth-order valence-corrected chi connectivity index (χ4v) is 7.94. The lowest BCUT2D eigenvalue weighted by molar-refractivity contribution is 0.107. The molecule has 7 rings (SSSR count). The number of fused-ring (bicyclic) bond motifs is 4. The summed E-state index contributed by atoms with van der Waals surface area (Å²) in [5.74, 6) is 0.625. The standard InChI is InChI=1S/C33H42F2N6O/c1-19(2)24-7-5-8-25(20(3)4)27(24)30-28(35)29-26(14-36-30)31(40-16-22-9-10-23(17-40)37-22)39-32(38-29)42-18-33-11-6-12-41(33)15-21(34)13-33/h5,7-8,14,19-23,37H,6,9-13,15-18H2,1-4H3/t21-,22?,23?,33+/m1/s1. The summed E-state index contributed by atoms with van der Waals surface area (Å²) in [5, 5.41) is 4.27. The van der Waals surface area contributed by atoms with E-state index in [0.717, 1.165) is 62.0 Å². The van der Waals surface area contributed by atoms with E-state index in [4.69, 9.17) is 19.7 Å². The number of pyridine rings is 1. The monoisotopic (exact) mass is 576 g/mol. The summed E-state index contributed by atoms with van der Waals surface area (Å²) >= 11 is 0. The van der Waals surface area contributed by atoms with Gasteiger partial charge in [-0.1, -0.05) is 45.9 Å². The average Bonchev–Trinajstić information content (AvgIpc) is 3.61. The van der Waals surface area contributed by atoms with Gasteiger partial charge < -0.3 is 15.0 Å². The fourth-order valence-electron chi connectivity index (χ4n) is 7.94. The third kappa shape index (κ3) is 4.73. The van der Waals surface area contributed by atoms with Crippen molar-refractivity contribution < 1.29 is 13.5 Å². The number of nitrogens with one attached hydrogen (secondary N) is 1. The van der Waals surface area contributed by atoms with E-state index in [1.165, 1.54) is 0 Å². The van der Waals surface area contributed by atoms with Crippen LogP contribution in [-0.2, 0) is 0 Å². The third-order valence-electron chi connectivity index (χ3n) is 10.0. The minimum absolute atomic E-state index is 0.157. The molecule has 6 heterocycles. The molecule has 9 heteroatoms. The lowest BCUT2D eigenvalue weighted by atomic mass is 9.86. The predicted molar refractivity (Wildman–Crippen MR) is 162 cm³/mol. The Hall–Kier alpha value is -2.91. The Kier molecular flexibility index (Phi) is 7.08. The highest BCUT2D eigenvalue weighted by molar-refractivity contribution is 5.92. The Bertz CT molecular complexity index is 1460. The van der Waals surface area contributed by atoms with Crippen LogP contribution in [0.4, 0.5) is 14.6 Å². The number of piperazine rings is 1. The van der Waals surface area contributed by atoms with Crippen molar-refractivity contribution in [1.29, 1.82) is 0 Å². The fraction of sp³-hybridized carbons (Fsp3) is 0.606. The number of rotatable bonds is 7. The lowest BCUT2D eigenvalue weighted by Gasteiger charge is -2.34. The molecule has 42 heavy (non-hydrogen) atoms. The van der Waals surface area contributed by atoms with Gasteiger partial charge >= 0.3 is 6.01 Å². The molecule has 1 aromatic carbocycles. The Balaban J connectivity index is 1.35. The number of ether oxygens (including phenoxy) is 1. The van der Waals surface area contributed by atoms with E-state index < -0.39 is 12.0 Å². The van der Waals surface area contributed by atoms with Crippen molar-refractivity contribution in [2.45, 2.75) is 95.4 Å². The van der Waals surface area contributed by atoms with Crippen LogP contribution in [0.2, 0.25) is 0 Å². The lowest BCUT2D eigenvalue weighted by Crippen LogP contribution is -2.51. The van der Waals surface area contributed by atoms with Gasteiger partial charge in [-0.3, -0.25) is 9.88 Å². The third-order valence-corrected chi connectivity index (χ3v) is 10.0. The molecule has 4 saturated heterocycles. The molecule has 3 aromatic rings. The van der Waals surface area contributed by atoms with Crippen molar-refractivity contribution in [2.24, 2.45) is 0 Å². The zero-order valence-corrected chi connectivity index (χ0v) is 25.2. The molecule has 4 aliphatic rings. The Labute approximate surface area is 247 Å². The van der Waals surface area contributed by atoms with Crippen LogP contribution in [0.15, 0.2) is 24.4 Å². The topological polar surface area (TPSA) is 66.4 Å². The number of aromatic nitrogens is 3. The normalized spacial score (nSPS) is 27.5. The molecule has 2 bridgehead atoms. The minimum atomic E-state index is -0.847. The van der Waals surface area contributed by atoms with E-state index in [0.29, 0.717) is 48.6 Å². The molecule has 0 radical (unpaired) electrons. The number of hydrogen-bond acceptors (Lipinski definition) is 7. The van der Waals surface area contributed by atoms with E-state index in [9.17, 15) is 4.39 Å². The summed E-state index contributed by atoms with van der Waals surface area (Å²) in [7, 11) is 0. The number of alkyl halides is 1. The Morgan fingerprint density at radius 3 is 2.45 bits per heavy atom. The van der Waals surface area contributed by atoms with Gasteiger partial charge in [-0.2, -0.15) is 9.97 Å². The molecular formula is C33H42F2N6O. The van der Waals surface area contributed by atoms with Gasteiger partial charge in [-0.25, -0.2) is 8.78 Å². The largest absolute Gasteiger partial charge is 0.461 e. The molecule has 0 spiro atoms. The molecule has 0 amide bonds. The van der Waals surface area contributed by atoms with Crippen LogP contribution < -0.4 is 15.0 Å². The van der Waals surface area contributed by atoms with Crippen molar-refractivity contribution in [3.8, 4) is 17.3 Å². The second-order valence-corrected chi connectivity index (χ2v) is 13.5. The maximum Gasteiger partial charge on any atom is 0.319 e. The molecule has 0 aliphatic carbocycles. The van der Waals surface area contributed by atoms with E-state index in [2.05, 4.69) is 61.0 Å². The summed E-state index contributed by atoms with van der Waals surface area (Å²) in [6.07, 6.45) is 5.53. The first-order valence-corrected chi connectivity index (χ1v) is 15.7. The van der Waals surface area contributed by atoms with Crippen LogP contribution in [0, 0.1) is 5.82 Å². The number of anilines is 1. The van der Waals surface area contributed by atoms with Crippen molar-refractivity contribution >= 4 is 16.7 Å². The smallest absolute Gasteiger partial charge is 0.319 e. The first kappa shape index (κ1) is 27.9. The summed E-state index contributed by atoms with van der Waals surface area (Å²) in [5.41, 5.74) is 3.21. The molecule has 4 aliphatic heterocycles. The SMILES string of the molecule is CC(C)c1cccc(C(C)C)c1-c1ncc2c(N3CC4CCC(C3)N4)nc(OC[C@@]34CCCN3C[C@H](F)C4)nc2c1F. The minimum Gasteiger partial charge on any atom is -0.461 e. The van der Waals surface area contributed by atoms with E-state index in [-0.39, 0.29) is 28.9 Å². The first-order valence-electron chi connectivity index (χ1n) is 15.7. The second kappa shape index (κ2) is 10.7. The Morgan fingerprint density at radius 2 is 1.76 bits per heavy atom. The highest BCUT2D eigenvalue weighted by Gasteiger charge is 2.49. The molecule has 7 nitrogen and oxygen atoms in total. The van der Waals surface area contributed by atoms with Gasteiger partial charge in [-0.15, -0.1) is 0 Å². The van der Waals surface area contributed by atoms with Crippen LogP contribution in [0.5, 0.6) is 6.01 Å². The molecule has 0 saturated carbocycles. The van der Waals surface area contributed by atoms with Gasteiger partial charge in [0.25, 0.3) is 0 Å². The predicted octanol–water partition coefficient (Wildman–Crippen LogP) is 5.97. The first-order chi connectivity index (χ1) is 20.2. The summed E-state index contributed by atoms with van der Waals surface area (Å²) in [6, 6.07) is 7.11. The van der Waals surface area contributed by atoms with Crippen LogP contribution in [0.25, 0.3) is 22.2 Å². The Morgan fingerprint density at radius 1 is 1.05 bits per heavy atom. The van der Waals surface area contributed by atoms with E-state index in [1.54, 1.807) is 6.20 Å². The van der Waals surface area contributed by atoms with E-state index >= 15 is 4.39 Å². The van der Waals surface area contributed by atoms with Crippen LogP contribution in [0.3, 0.4) is 0 Å². The highest BCUT2D eigenvalue weighted by Crippen LogP contribution is 2.42. The van der Waals surface area contributed by atoms with Gasteiger partial charge in [0, 0.05) is 49.9 Å². The number of nitrogens with zero attached hydrogens (tertiary/aromatic N) is 5. The van der Waals surface area contributed by atoms with Gasteiger partial charge in [-0.05, 0) is 55.2 Å². The number of benzene rings is 1. The second-order valence-electron chi connectivity index (χ2n) is 13.5. The van der Waals surface area contributed by atoms with Crippen molar-refractivity contribution in [1.82, 2.24) is 25.2 Å².